The first kappa shape index (κ1) is 13.6. The van der Waals surface area contributed by atoms with Crippen LogP contribution in [0.3, 0.4) is 0 Å². The summed E-state index contributed by atoms with van der Waals surface area (Å²) in [7, 11) is 0. The van der Waals surface area contributed by atoms with Crippen molar-refractivity contribution < 1.29 is 4.79 Å². The largest absolute Gasteiger partial charge is 0.366 e. The molecule has 0 saturated heterocycles. The molecule has 1 amide bonds. The molecule has 0 fully saturated rings. The fraction of sp³-hybridized carbons (Fsp3) is 0.294. The standard InChI is InChI=1S/C17H19N3O/c1-2-17(21)19-16-8-7-15(11-18-16)20-10-9-13-5-3-4-6-14(13)12-20/h3-8,11H,2,9-10,12H2,1H3,(H,18,19,21). The molecule has 1 aromatic carbocycles. The second-order valence-corrected chi connectivity index (χ2v) is 5.24. The lowest BCUT2D eigenvalue weighted by Crippen LogP contribution is -2.30. The van der Waals surface area contributed by atoms with Crippen molar-refractivity contribution in [2.45, 2.75) is 26.3 Å². The Balaban J connectivity index is 1.72. The van der Waals surface area contributed by atoms with Crippen LogP contribution in [0.2, 0.25) is 0 Å². The fourth-order valence-electron chi connectivity index (χ4n) is 2.59. The Morgan fingerprint density at radius 1 is 1.24 bits per heavy atom. The van der Waals surface area contributed by atoms with Crippen LogP contribution in [0.1, 0.15) is 24.5 Å². The highest BCUT2D eigenvalue weighted by Crippen LogP contribution is 2.24. The number of carbonyl (C=O) groups is 1. The predicted octanol–water partition coefficient (Wildman–Crippen LogP) is 2.99. The van der Waals surface area contributed by atoms with Gasteiger partial charge in [0.05, 0.1) is 11.9 Å². The topological polar surface area (TPSA) is 45.2 Å². The molecule has 2 aromatic rings. The second kappa shape index (κ2) is 5.95. The zero-order valence-electron chi connectivity index (χ0n) is 12.2. The molecule has 3 rings (SSSR count). The number of carbonyl (C=O) groups excluding carboxylic acids is 1. The molecule has 1 aliphatic heterocycles. The van der Waals surface area contributed by atoms with E-state index in [4.69, 9.17) is 0 Å². The lowest BCUT2D eigenvalue weighted by atomic mass is 10.00. The van der Waals surface area contributed by atoms with Crippen LogP contribution in [0.25, 0.3) is 0 Å². The normalized spacial score (nSPS) is 13.7. The highest BCUT2D eigenvalue weighted by Gasteiger charge is 2.16. The van der Waals surface area contributed by atoms with E-state index in [0.29, 0.717) is 12.2 Å². The van der Waals surface area contributed by atoms with Crippen molar-refractivity contribution in [1.82, 2.24) is 4.98 Å². The molecule has 4 nitrogen and oxygen atoms in total. The van der Waals surface area contributed by atoms with E-state index in [2.05, 4.69) is 39.5 Å². The third-order valence-corrected chi connectivity index (χ3v) is 3.83. The van der Waals surface area contributed by atoms with Crippen LogP contribution >= 0.6 is 0 Å². The third kappa shape index (κ3) is 3.05. The first-order valence-electron chi connectivity index (χ1n) is 7.34. The van der Waals surface area contributed by atoms with Gasteiger partial charge in [0.15, 0.2) is 0 Å². The number of hydrogen-bond acceptors (Lipinski definition) is 3. The smallest absolute Gasteiger partial charge is 0.225 e. The lowest BCUT2D eigenvalue weighted by molar-refractivity contribution is -0.115. The highest BCUT2D eigenvalue weighted by molar-refractivity contribution is 5.89. The van der Waals surface area contributed by atoms with E-state index < -0.39 is 0 Å². The number of benzene rings is 1. The second-order valence-electron chi connectivity index (χ2n) is 5.24. The summed E-state index contributed by atoms with van der Waals surface area (Å²) in [5.74, 6) is 0.602. The van der Waals surface area contributed by atoms with Crippen LogP contribution in [0.5, 0.6) is 0 Å². The summed E-state index contributed by atoms with van der Waals surface area (Å²) in [5, 5.41) is 2.77. The van der Waals surface area contributed by atoms with Gasteiger partial charge in [0.2, 0.25) is 5.91 Å². The van der Waals surface area contributed by atoms with Crippen LogP contribution in [0.15, 0.2) is 42.6 Å². The Labute approximate surface area is 124 Å². The van der Waals surface area contributed by atoms with Gasteiger partial charge in [-0.15, -0.1) is 0 Å². The number of nitrogens with one attached hydrogen (secondary N) is 1. The molecule has 1 aliphatic rings. The van der Waals surface area contributed by atoms with Gasteiger partial charge in [-0.1, -0.05) is 31.2 Å². The number of pyridine rings is 1. The molecule has 0 atom stereocenters. The van der Waals surface area contributed by atoms with Crippen molar-refractivity contribution in [3.63, 3.8) is 0 Å². The summed E-state index contributed by atoms with van der Waals surface area (Å²) in [6.07, 6.45) is 3.36. The maximum Gasteiger partial charge on any atom is 0.225 e. The van der Waals surface area contributed by atoms with Gasteiger partial charge in [0.1, 0.15) is 5.82 Å². The number of rotatable bonds is 3. The number of amides is 1. The molecule has 1 N–H and O–H groups in total. The monoisotopic (exact) mass is 281 g/mol. The minimum Gasteiger partial charge on any atom is -0.366 e. The van der Waals surface area contributed by atoms with Crippen LogP contribution < -0.4 is 10.2 Å². The van der Waals surface area contributed by atoms with Crippen molar-refractivity contribution >= 4 is 17.4 Å². The summed E-state index contributed by atoms with van der Waals surface area (Å²) >= 11 is 0. The Morgan fingerprint density at radius 2 is 2.05 bits per heavy atom. The number of nitrogens with zero attached hydrogens (tertiary/aromatic N) is 2. The van der Waals surface area contributed by atoms with Gasteiger partial charge in [-0.25, -0.2) is 4.98 Å². The molecule has 2 heterocycles. The molecule has 0 saturated carbocycles. The molecular formula is C17H19N3O. The van der Waals surface area contributed by atoms with Gasteiger partial charge in [-0.3, -0.25) is 4.79 Å². The molecule has 0 aliphatic carbocycles. The molecule has 0 bridgehead atoms. The summed E-state index contributed by atoms with van der Waals surface area (Å²) in [6.45, 7) is 3.74. The molecule has 108 valence electrons. The number of hydrogen-bond donors (Lipinski definition) is 1. The minimum absolute atomic E-state index is 0.0119. The first-order valence-corrected chi connectivity index (χ1v) is 7.34. The number of aromatic nitrogens is 1. The van der Waals surface area contributed by atoms with Crippen molar-refractivity contribution in [2.75, 3.05) is 16.8 Å². The Kier molecular flexibility index (Phi) is 3.86. The van der Waals surface area contributed by atoms with Crippen molar-refractivity contribution in [3.8, 4) is 0 Å². The SMILES string of the molecule is CCC(=O)Nc1ccc(N2CCc3ccccc3C2)cn1. The summed E-state index contributed by atoms with van der Waals surface area (Å²) in [4.78, 5) is 18.0. The zero-order valence-corrected chi connectivity index (χ0v) is 12.2. The lowest BCUT2D eigenvalue weighted by Gasteiger charge is -2.30. The first-order chi connectivity index (χ1) is 10.3. The van der Waals surface area contributed by atoms with Gasteiger partial charge in [-0.2, -0.15) is 0 Å². The molecule has 0 spiro atoms. The maximum absolute atomic E-state index is 11.3. The van der Waals surface area contributed by atoms with Gasteiger partial charge in [0, 0.05) is 19.5 Å². The maximum atomic E-state index is 11.3. The van der Waals surface area contributed by atoms with Gasteiger partial charge < -0.3 is 10.2 Å². The predicted molar refractivity (Wildman–Crippen MR) is 84.4 cm³/mol. The molecular weight excluding hydrogens is 262 g/mol. The van der Waals surface area contributed by atoms with Crippen LogP contribution in [-0.2, 0) is 17.8 Å². The van der Waals surface area contributed by atoms with Crippen molar-refractivity contribution in [2.24, 2.45) is 0 Å². The van der Waals surface area contributed by atoms with E-state index in [0.717, 1.165) is 25.2 Å². The Hall–Kier alpha value is -2.36. The van der Waals surface area contributed by atoms with Crippen molar-refractivity contribution in [3.05, 3.63) is 53.7 Å². The van der Waals surface area contributed by atoms with Gasteiger partial charge in [-0.05, 0) is 29.7 Å². The van der Waals surface area contributed by atoms with Crippen molar-refractivity contribution in [1.29, 1.82) is 0 Å². The fourth-order valence-corrected chi connectivity index (χ4v) is 2.59. The average Bonchev–Trinajstić information content (AvgIpc) is 2.55. The Bertz CT molecular complexity index is 637. The zero-order chi connectivity index (χ0) is 14.7. The highest BCUT2D eigenvalue weighted by atomic mass is 16.1. The quantitative estimate of drug-likeness (QED) is 0.940. The van der Waals surface area contributed by atoms with Crippen LogP contribution in [0, 0.1) is 0 Å². The molecule has 1 aromatic heterocycles. The number of fused-ring (bicyclic) bond motifs is 1. The molecule has 4 heteroatoms. The van der Waals surface area contributed by atoms with E-state index in [1.165, 1.54) is 11.1 Å². The summed E-state index contributed by atoms with van der Waals surface area (Å²) in [6, 6.07) is 12.5. The summed E-state index contributed by atoms with van der Waals surface area (Å²) < 4.78 is 0. The van der Waals surface area contributed by atoms with Crippen LogP contribution in [0.4, 0.5) is 11.5 Å². The molecule has 21 heavy (non-hydrogen) atoms. The van der Waals surface area contributed by atoms with E-state index in [1.807, 2.05) is 25.3 Å². The van der Waals surface area contributed by atoms with E-state index in [9.17, 15) is 4.79 Å². The van der Waals surface area contributed by atoms with E-state index in [1.54, 1.807) is 0 Å². The summed E-state index contributed by atoms with van der Waals surface area (Å²) in [5.41, 5.74) is 3.92. The van der Waals surface area contributed by atoms with E-state index in [-0.39, 0.29) is 5.91 Å². The van der Waals surface area contributed by atoms with Crippen LogP contribution in [-0.4, -0.2) is 17.4 Å². The molecule has 0 radical (unpaired) electrons. The third-order valence-electron chi connectivity index (χ3n) is 3.83. The van der Waals surface area contributed by atoms with Gasteiger partial charge >= 0.3 is 0 Å². The minimum atomic E-state index is -0.0119. The van der Waals surface area contributed by atoms with Gasteiger partial charge in [0.25, 0.3) is 0 Å². The number of anilines is 2. The average molecular weight is 281 g/mol. The Morgan fingerprint density at radius 3 is 2.76 bits per heavy atom. The van der Waals surface area contributed by atoms with E-state index >= 15 is 0 Å². The molecule has 0 unspecified atom stereocenters.